The fourth-order valence-corrected chi connectivity index (χ4v) is 5.04. The van der Waals surface area contributed by atoms with E-state index in [4.69, 9.17) is 14.6 Å². The van der Waals surface area contributed by atoms with E-state index >= 15 is 0 Å². The van der Waals surface area contributed by atoms with E-state index in [2.05, 4.69) is 24.3 Å². The summed E-state index contributed by atoms with van der Waals surface area (Å²) in [5, 5.41) is 28.3. The highest BCUT2D eigenvalue weighted by Crippen LogP contribution is 2.44. The number of aliphatic hydroxyl groups excluding tert-OH is 2. The van der Waals surface area contributed by atoms with Crippen molar-refractivity contribution in [3.8, 4) is 5.75 Å². The maximum absolute atomic E-state index is 10.9. The van der Waals surface area contributed by atoms with Crippen LogP contribution in [0.2, 0.25) is 0 Å². The number of carbonyl (C=O) groups is 1. The van der Waals surface area contributed by atoms with Gasteiger partial charge >= 0.3 is 5.97 Å². The van der Waals surface area contributed by atoms with Gasteiger partial charge in [-0.15, -0.1) is 11.8 Å². The van der Waals surface area contributed by atoms with E-state index in [-0.39, 0.29) is 5.56 Å². The van der Waals surface area contributed by atoms with Gasteiger partial charge < -0.3 is 24.8 Å². The number of hydrogen-bond acceptors (Lipinski definition) is 6. The smallest absolute Gasteiger partial charge is 0.374 e. The molecule has 0 aliphatic carbocycles. The lowest BCUT2D eigenvalue weighted by Crippen LogP contribution is -2.34. The molecule has 0 atom stereocenters. The Morgan fingerprint density at radius 1 is 0.763 bits per heavy atom. The average Bonchev–Trinajstić information content (AvgIpc) is 2.98. The van der Waals surface area contributed by atoms with E-state index in [0.29, 0.717) is 12.4 Å². The number of carboxylic acids is 1. The number of aliphatic carboxylic acids is 1. The molecule has 3 N–H and O–H groups in total. The largest absolute Gasteiger partial charge is 0.504 e. The topological polar surface area (TPSA) is 96.2 Å². The highest BCUT2D eigenvalue weighted by Gasteiger charge is 2.39. The molecule has 0 saturated carbocycles. The summed E-state index contributed by atoms with van der Waals surface area (Å²) in [7, 11) is 1.66. The predicted molar refractivity (Wildman–Crippen MR) is 149 cm³/mol. The monoisotopic (exact) mass is 528 g/mol. The quantitative estimate of drug-likeness (QED) is 0.0658. The van der Waals surface area contributed by atoms with Crippen LogP contribution in [0.25, 0.3) is 5.76 Å². The third-order valence-electron chi connectivity index (χ3n) is 6.07. The first-order valence-electron chi connectivity index (χ1n) is 11.9. The lowest BCUT2D eigenvalue weighted by molar-refractivity contribution is -0.135. The van der Waals surface area contributed by atoms with Gasteiger partial charge in [-0.1, -0.05) is 91.0 Å². The molecule has 6 nitrogen and oxygen atoms in total. The first-order valence-corrected chi connectivity index (χ1v) is 12.9. The molecule has 0 aliphatic heterocycles. The molecule has 0 aromatic heterocycles. The molecule has 4 aromatic rings. The summed E-state index contributed by atoms with van der Waals surface area (Å²) in [4.78, 5) is 11.8. The number of para-hydroxylation sites is 1. The standard InChI is InChI=1S/C31H28O6S/c1-36-27-15-9-8-14-26(27)31(23-10-4-2-5-11-23,24-12-6-3-7-13-24)37-20-21-38-25-18-16-22(17-19-25)28(32)29(33)30(34)35/h2-19,32-33H,20-21H2,1H3,(H,34,35). The van der Waals surface area contributed by atoms with Crippen molar-refractivity contribution in [2.75, 3.05) is 19.5 Å². The zero-order chi connectivity index (χ0) is 27.0. The fraction of sp³-hybridized carbons (Fsp3) is 0.129. The summed E-state index contributed by atoms with van der Waals surface area (Å²) < 4.78 is 12.6. The number of rotatable bonds is 11. The van der Waals surface area contributed by atoms with Gasteiger partial charge in [-0.05, 0) is 29.3 Å². The van der Waals surface area contributed by atoms with Crippen LogP contribution in [-0.4, -0.2) is 40.8 Å². The molecule has 7 heteroatoms. The maximum Gasteiger partial charge on any atom is 0.374 e. The van der Waals surface area contributed by atoms with Crippen molar-refractivity contribution in [2.24, 2.45) is 0 Å². The number of hydrogen-bond donors (Lipinski definition) is 3. The lowest BCUT2D eigenvalue weighted by atomic mass is 9.79. The van der Waals surface area contributed by atoms with Crippen LogP contribution in [0.1, 0.15) is 22.3 Å². The van der Waals surface area contributed by atoms with Crippen molar-refractivity contribution in [3.63, 3.8) is 0 Å². The van der Waals surface area contributed by atoms with Crippen molar-refractivity contribution >= 4 is 23.5 Å². The Kier molecular flexibility index (Phi) is 8.73. The van der Waals surface area contributed by atoms with Gasteiger partial charge in [0.05, 0.1) is 13.7 Å². The highest BCUT2D eigenvalue weighted by atomic mass is 32.2. The Morgan fingerprint density at radius 2 is 1.32 bits per heavy atom. The van der Waals surface area contributed by atoms with Gasteiger partial charge in [0.2, 0.25) is 5.76 Å². The zero-order valence-corrected chi connectivity index (χ0v) is 21.6. The number of aliphatic hydroxyl groups is 2. The third kappa shape index (κ3) is 5.69. The summed E-state index contributed by atoms with van der Waals surface area (Å²) in [5.41, 5.74) is 2.16. The van der Waals surface area contributed by atoms with Gasteiger partial charge in [-0.3, -0.25) is 0 Å². The molecule has 0 spiro atoms. The third-order valence-corrected chi connectivity index (χ3v) is 7.05. The summed E-state index contributed by atoms with van der Waals surface area (Å²) in [6.07, 6.45) is 0. The molecule has 0 bridgehead atoms. The Hall–Kier alpha value is -4.20. The minimum absolute atomic E-state index is 0.217. The van der Waals surface area contributed by atoms with Crippen molar-refractivity contribution in [2.45, 2.75) is 10.5 Å². The normalized spacial score (nSPS) is 12.0. The van der Waals surface area contributed by atoms with Gasteiger partial charge in [0.15, 0.2) is 5.76 Å². The van der Waals surface area contributed by atoms with E-state index in [1.54, 1.807) is 43.1 Å². The molecule has 0 amide bonds. The fourth-order valence-electron chi connectivity index (χ4n) is 4.30. The zero-order valence-electron chi connectivity index (χ0n) is 20.8. The van der Waals surface area contributed by atoms with Crippen molar-refractivity contribution in [3.05, 3.63) is 137 Å². The summed E-state index contributed by atoms with van der Waals surface area (Å²) >= 11 is 1.56. The molecule has 38 heavy (non-hydrogen) atoms. The van der Waals surface area contributed by atoms with Crippen LogP contribution in [0.3, 0.4) is 0 Å². The number of methoxy groups -OCH3 is 1. The van der Waals surface area contributed by atoms with Gasteiger partial charge in [-0.25, -0.2) is 4.79 Å². The van der Waals surface area contributed by atoms with Crippen LogP contribution in [0.15, 0.2) is 120 Å². The van der Waals surface area contributed by atoms with E-state index in [9.17, 15) is 15.0 Å². The second-order valence-corrected chi connectivity index (χ2v) is 9.51. The van der Waals surface area contributed by atoms with Crippen molar-refractivity contribution in [1.82, 2.24) is 0 Å². The minimum atomic E-state index is -1.59. The molecule has 0 saturated heterocycles. The molecule has 0 fully saturated rings. The van der Waals surface area contributed by atoms with Crippen LogP contribution in [-0.2, 0) is 15.1 Å². The average molecular weight is 529 g/mol. The summed E-state index contributed by atoms with van der Waals surface area (Å²) in [5.74, 6) is -2.01. The van der Waals surface area contributed by atoms with Crippen LogP contribution in [0.4, 0.5) is 0 Å². The maximum atomic E-state index is 10.9. The highest BCUT2D eigenvalue weighted by molar-refractivity contribution is 7.99. The van der Waals surface area contributed by atoms with E-state index in [1.807, 2.05) is 60.7 Å². The second-order valence-electron chi connectivity index (χ2n) is 8.34. The van der Waals surface area contributed by atoms with Crippen LogP contribution < -0.4 is 4.74 Å². The molecular weight excluding hydrogens is 500 g/mol. The number of carboxylic acid groups (broad SMARTS) is 1. The SMILES string of the molecule is COc1ccccc1C(OCCSc1ccc(C(O)=C(O)C(=O)O)cc1)(c1ccccc1)c1ccccc1. The molecule has 0 radical (unpaired) electrons. The van der Waals surface area contributed by atoms with Gasteiger partial charge in [-0.2, -0.15) is 0 Å². The van der Waals surface area contributed by atoms with E-state index in [0.717, 1.165) is 27.3 Å². The first-order chi connectivity index (χ1) is 18.5. The van der Waals surface area contributed by atoms with Crippen LogP contribution in [0, 0.1) is 0 Å². The number of ether oxygens (including phenoxy) is 2. The molecule has 0 aliphatic rings. The predicted octanol–water partition coefficient (Wildman–Crippen LogP) is 6.67. The Balaban J connectivity index is 1.61. The first kappa shape index (κ1) is 26.9. The molecule has 0 heterocycles. The Morgan fingerprint density at radius 3 is 1.87 bits per heavy atom. The van der Waals surface area contributed by atoms with Gasteiger partial charge in [0.1, 0.15) is 11.4 Å². The molecule has 0 unspecified atom stereocenters. The van der Waals surface area contributed by atoms with E-state index in [1.165, 1.54) is 0 Å². The lowest BCUT2D eigenvalue weighted by Gasteiger charge is -2.36. The molecule has 194 valence electrons. The number of benzene rings is 4. The molecular formula is C31H28O6S. The minimum Gasteiger partial charge on any atom is -0.504 e. The Bertz CT molecular complexity index is 1350. The molecule has 4 aromatic carbocycles. The number of thioether (sulfide) groups is 1. The van der Waals surface area contributed by atoms with Crippen LogP contribution >= 0.6 is 11.8 Å². The van der Waals surface area contributed by atoms with Crippen molar-refractivity contribution in [1.29, 1.82) is 0 Å². The van der Waals surface area contributed by atoms with Gasteiger partial charge in [0, 0.05) is 21.8 Å². The van der Waals surface area contributed by atoms with Gasteiger partial charge in [0.25, 0.3) is 0 Å². The van der Waals surface area contributed by atoms with E-state index < -0.39 is 23.1 Å². The molecule has 4 rings (SSSR count). The summed E-state index contributed by atoms with van der Waals surface area (Å²) in [6.45, 7) is 0.402. The summed E-state index contributed by atoms with van der Waals surface area (Å²) in [6, 6.07) is 34.6. The Labute approximate surface area is 225 Å². The van der Waals surface area contributed by atoms with Crippen LogP contribution in [0.5, 0.6) is 5.75 Å². The second kappa shape index (κ2) is 12.4. The van der Waals surface area contributed by atoms with Crippen molar-refractivity contribution < 1.29 is 29.6 Å².